The largest absolute Gasteiger partial charge is 0.340 e. The molecule has 2 rings (SSSR count). The second-order valence-electron chi connectivity index (χ2n) is 6.41. The van der Waals surface area contributed by atoms with Crippen molar-refractivity contribution < 1.29 is 9.59 Å². The van der Waals surface area contributed by atoms with Gasteiger partial charge in [-0.15, -0.1) is 0 Å². The summed E-state index contributed by atoms with van der Waals surface area (Å²) in [7, 11) is 0. The lowest BCUT2D eigenvalue weighted by atomic mass is 10.1. The molecule has 0 aliphatic carbocycles. The van der Waals surface area contributed by atoms with Gasteiger partial charge >= 0.3 is 0 Å². The summed E-state index contributed by atoms with van der Waals surface area (Å²) in [5.74, 6) is 0.519. The van der Waals surface area contributed by atoms with Crippen LogP contribution in [-0.4, -0.2) is 47.3 Å². The van der Waals surface area contributed by atoms with E-state index in [1.165, 1.54) is 0 Å². The van der Waals surface area contributed by atoms with Crippen LogP contribution < -0.4 is 5.73 Å². The number of rotatable bonds is 6. The maximum absolute atomic E-state index is 12.4. The lowest BCUT2D eigenvalue weighted by molar-refractivity contribution is -0.134. The Balaban J connectivity index is 1.89. The SMILES string of the molecule is CC(=O)N(CCC(=O)N1CC(CN)CC1C)Cc1ccccc1. The van der Waals surface area contributed by atoms with Gasteiger partial charge in [0.2, 0.25) is 11.8 Å². The molecule has 1 fully saturated rings. The van der Waals surface area contributed by atoms with Gasteiger partial charge in [0.25, 0.3) is 0 Å². The Bertz CT molecular complexity index is 532. The van der Waals surface area contributed by atoms with Crippen LogP contribution in [-0.2, 0) is 16.1 Å². The van der Waals surface area contributed by atoms with Crippen molar-refractivity contribution in [3.05, 3.63) is 35.9 Å². The Morgan fingerprint density at radius 2 is 2.00 bits per heavy atom. The fourth-order valence-corrected chi connectivity index (χ4v) is 3.19. The summed E-state index contributed by atoms with van der Waals surface area (Å²) < 4.78 is 0. The van der Waals surface area contributed by atoms with E-state index in [9.17, 15) is 9.59 Å². The van der Waals surface area contributed by atoms with E-state index in [1.54, 1.807) is 11.8 Å². The van der Waals surface area contributed by atoms with E-state index in [-0.39, 0.29) is 17.9 Å². The van der Waals surface area contributed by atoms with E-state index in [2.05, 4.69) is 6.92 Å². The van der Waals surface area contributed by atoms with Crippen LogP contribution >= 0.6 is 0 Å². The minimum Gasteiger partial charge on any atom is -0.340 e. The zero-order valence-electron chi connectivity index (χ0n) is 14.1. The van der Waals surface area contributed by atoms with Gasteiger partial charge in [-0.3, -0.25) is 9.59 Å². The van der Waals surface area contributed by atoms with E-state index in [0.717, 1.165) is 18.5 Å². The fraction of sp³-hybridized carbons (Fsp3) is 0.556. The highest BCUT2D eigenvalue weighted by Gasteiger charge is 2.31. The topological polar surface area (TPSA) is 66.6 Å². The molecule has 126 valence electrons. The molecule has 5 heteroatoms. The second-order valence-corrected chi connectivity index (χ2v) is 6.41. The van der Waals surface area contributed by atoms with Crippen LogP contribution in [0.15, 0.2) is 30.3 Å². The second kappa shape index (κ2) is 8.11. The molecular weight excluding hydrogens is 290 g/mol. The van der Waals surface area contributed by atoms with Crippen LogP contribution in [0.3, 0.4) is 0 Å². The summed E-state index contributed by atoms with van der Waals surface area (Å²) in [5, 5.41) is 0. The highest BCUT2D eigenvalue weighted by atomic mass is 16.2. The zero-order chi connectivity index (χ0) is 16.8. The van der Waals surface area contributed by atoms with E-state index >= 15 is 0 Å². The minimum absolute atomic E-state index is 0.00374. The Labute approximate surface area is 138 Å². The van der Waals surface area contributed by atoms with Gasteiger partial charge in [0.1, 0.15) is 0 Å². The lowest BCUT2D eigenvalue weighted by Crippen LogP contribution is -2.38. The van der Waals surface area contributed by atoms with Crippen molar-refractivity contribution in [2.24, 2.45) is 11.7 Å². The average Bonchev–Trinajstić information content (AvgIpc) is 2.93. The predicted octanol–water partition coefficient (Wildman–Crippen LogP) is 1.62. The third-order valence-corrected chi connectivity index (χ3v) is 4.57. The summed E-state index contributed by atoms with van der Waals surface area (Å²) in [4.78, 5) is 27.9. The van der Waals surface area contributed by atoms with Crippen molar-refractivity contribution in [2.45, 2.75) is 39.3 Å². The number of carbonyl (C=O) groups is 2. The molecule has 1 saturated heterocycles. The molecule has 2 N–H and O–H groups in total. The van der Waals surface area contributed by atoms with E-state index in [0.29, 0.717) is 32.0 Å². The number of carbonyl (C=O) groups excluding carboxylic acids is 2. The summed E-state index contributed by atoms with van der Waals surface area (Å²) in [6, 6.07) is 10.1. The Kier molecular flexibility index (Phi) is 6.16. The number of hydrogen-bond donors (Lipinski definition) is 1. The molecule has 1 aliphatic heterocycles. The normalized spacial score (nSPS) is 20.6. The number of nitrogens with two attached hydrogens (primary N) is 1. The van der Waals surface area contributed by atoms with Crippen molar-refractivity contribution in [3.63, 3.8) is 0 Å². The number of nitrogens with zero attached hydrogens (tertiary/aromatic N) is 2. The maximum Gasteiger partial charge on any atom is 0.224 e. The molecule has 0 saturated carbocycles. The Hall–Kier alpha value is -1.88. The van der Waals surface area contributed by atoms with Gasteiger partial charge in [0, 0.05) is 39.0 Å². The summed E-state index contributed by atoms with van der Waals surface area (Å²) in [6.07, 6.45) is 1.34. The number of benzene rings is 1. The lowest BCUT2D eigenvalue weighted by Gasteiger charge is -2.25. The van der Waals surface area contributed by atoms with Crippen LogP contribution in [0.1, 0.15) is 32.3 Å². The van der Waals surface area contributed by atoms with Crippen molar-refractivity contribution in [2.75, 3.05) is 19.6 Å². The summed E-state index contributed by atoms with van der Waals surface area (Å²) >= 11 is 0. The monoisotopic (exact) mass is 317 g/mol. The first kappa shape index (κ1) is 17.5. The van der Waals surface area contributed by atoms with Crippen LogP contribution in [0.25, 0.3) is 0 Å². The van der Waals surface area contributed by atoms with E-state index in [4.69, 9.17) is 5.73 Å². The number of hydrogen-bond acceptors (Lipinski definition) is 3. The molecule has 5 nitrogen and oxygen atoms in total. The zero-order valence-corrected chi connectivity index (χ0v) is 14.1. The maximum atomic E-state index is 12.4. The van der Waals surface area contributed by atoms with Gasteiger partial charge in [-0.2, -0.15) is 0 Å². The first-order chi connectivity index (χ1) is 11.0. The van der Waals surface area contributed by atoms with Crippen molar-refractivity contribution >= 4 is 11.8 Å². The predicted molar refractivity (Wildman–Crippen MR) is 90.5 cm³/mol. The summed E-state index contributed by atoms with van der Waals surface area (Å²) in [5.41, 5.74) is 6.79. The molecule has 2 atom stereocenters. The molecular formula is C18H27N3O2. The highest BCUT2D eigenvalue weighted by Crippen LogP contribution is 2.22. The van der Waals surface area contributed by atoms with Crippen molar-refractivity contribution in [1.82, 2.24) is 9.80 Å². The molecule has 0 spiro atoms. The first-order valence-electron chi connectivity index (χ1n) is 8.30. The minimum atomic E-state index is -0.00374. The van der Waals surface area contributed by atoms with Gasteiger partial charge in [-0.05, 0) is 31.4 Å². The van der Waals surface area contributed by atoms with Crippen molar-refractivity contribution in [1.29, 1.82) is 0 Å². The van der Waals surface area contributed by atoms with Crippen LogP contribution in [0.5, 0.6) is 0 Å². The van der Waals surface area contributed by atoms with Gasteiger partial charge < -0.3 is 15.5 Å². The highest BCUT2D eigenvalue weighted by molar-refractivity contribution is 5.78. The molecule has 2 unspecified atom stereocenters. The van der Waals surface area contributed by atoms with Crippen molar-refractivity contribution in [3.8, 4) is 0 Å². The Morgan fingerprint density at radius 3 is 2.57 bits per heavy atom. The summed E-state index contributed by atoms with van der Waals surface area (Å²) in [6.45, 7) is 6.00. The third-order valence-electron chi connectivity index (χ3n) is 4.57. The molecule has 1 aromatic carbocycles. The van der Waals surface area contributed by atoms with E-state index in [1.807, 2.05) is 35.2 Å². The van der Waals surface area contributed by atoms with Gasteiger partial charge in [0.15, 0.2) is 0 Å². The quantitative estimate of drug-likeness (QED) is 0.867. The third kappa shape index (κ3) is 4.79. The molecule has 2 amide bonds. The molecule has 0 bridgehead atoms. The molecule has 23 heavy (non-hydrogen) atoms. The standard InChI is InChI=1S/C18H27N3O2/c1-14-10-17(11-19)13-21(14)18(23)8-9-20(15(2)22)12-16-6-4-3-5-7-16/h3-7,14,17H,8-13,19H2,1-2H3. The van der Waals surface area contributed by atoms with Crippen LogP contribution in [0, 0.1) is 5.92 Å². The molecule has 0 aromatic heterocycles. The molecule has 1 aliphatic rings. The molecule has 1 aromatic rings. The molecule has 0 radical (unpaired) electrons. The fourth-order valence-electron chi connectivity index (χ4n) is 3.19. The number of likely N-dealkylation sites (tertiary alicyclic amines) is 1. The van der Waals surface area contributed by atoms with Gasteiger partial charge in [0.05, 0.1) is 0 Å². The van der Waals surface area contributed by atoms with Crippen LogP contribution in [0.2, 0.25) is 0 Å². The average molecular weight is 317 g/mol. The first-order valence-corrected chi connectivity index (χ1v) is 8.30. The smallest absolute Gasteiger partial charge is 0.224 e. The van der Waals surface area contributed by atoms with Gasteiger partial charge in [-0.1, -0.05) is 30.3 Å². The van der Waals surface area contributed by atoms with Gasteiger partial charge in [-0.25, -0.2) is 0 Å². The van der Waals surface area contributed by atoms with Crippen LogP contribution in [0.4, 0.5) is 0 Å². The number of amides is 2. The van der Waals surface area contributed by atoms with E-state index < -0.39 is 0 Å². The Morgan fingerprint density at radius 1 is 1.30 bits per heavy atom. The molecule has 1 heterocycles.